The fraction of sp³-hybridized carbons (Fsp3) is 0.235. The highest BCUT2D eigenvalue weighted by atomic mass is 32.2. The Morgan fingerprint density at radius 2 is 1.70 bits per heavy atom. The first-order chi connectivity index (χ1) is 12.7. The minimum atomic E-state index is -3.76. The lowest BCUT2D eigenvalue weighted by Crippen LogP contribution is -2.25. The average Bonchev–Trinajstić information content (AvgIpc) is 2.62. The van der Waals surface area contributed by atoms with Crippen LogP contribution in [0.1, 0.15) is 5.56 Å². The second-order valence-corrected chi connectivity index (χ2v) is 7.30. The first kappa shape index (κ1) is 20.7. The van der Waals surface area contributed by atoms with Crippen molar-refractivity contribution in [1.29, 1.82) is 0 Å². The lowest BCUT2D eigenvalue weighted by Gasteiger charge is -2.14. The predicted octanol–water partition coefficient (Wildman–Crippen LogP) is 2.65. The molecule has 10 heteroatoms. The van der Waals surface area contributed by atoms with E-state index in [2.05, 4.69) is 14.9 Å². The Hall–Kier alpha value is -2.56. The minimum Gasteiger partial charge on any atom is -0.435 e. The molecule has 0 radical (unpaired) electrons. The molecule has 1 amide bonds. The zero-order valence-corrected chi connectivity index (χ0v) is 15.4. The van der Waals surface area contributed by atoms with Crippen LogP contribution in [0.15, 0.2) is 53.4 Å². The number of carbonyl (C=O) groups excluding carboxylic acids is 1. The first-order valence-corrected chi connectivity index (χ1v) is 9.13. The average molecular weight is 400 g/mol. The summed E-state index contributed by atoms with van der Waals surface area (Å²) in [6, 6.07) is 11.3. The van der Waals surface area contributed by atoms with Crippen molar-refractivity contribution in [3.8, 4) is 5.75 Å². The highest BCUT2D eigenvalue weighted by Crippen LogP contribution is 2.18. The van der Waals surface area contributed by atoms with Gasteiger partial charge in [0.2, 0.25) is 5.91 Å². The van der Waals surface area contributed by atoms with Crippen LogP contribution in [-0.2, 0) is 26.1 Å². The van der Waals surface area contributed by atoms with Crippen LogP contribution in [0.2, 0.25) is 0 Å². The Morgan fingerprint density at radius 3 is 2.22 bits per heavy atom. The van der Waals surface area contributed by atoms with Crippen molar-refractivity contribution in [2.24, 2.45) is 0 Å². The number of hydrogen-bond acceptors (Lipinski definition) is 5. The molecule has 0 saturated carbocycles. The molecule has 2 aromatic rings. The summed E-state index contributed by atoms with van der Waals surface area (Å²) in [4.78, 5) is 16.8. The van der Waals surface area contributed by atoms with Crippen LogP contribution in [0, 0.1) is 0 Å². The molecular weight excluding hydrogens is 382 g/mol. The molecule has 0 unspecified atom stereocenters. The van der Waals surface area contributed by atoms with Gasteiger partial charge in [-0.2, -0.15) is 8.78 Å². The van der Waals surface area contributed by atoms with Gasteiger partial charge in [0.25, 0.3) is 10.0 Å². The van der Waals surface area contributed by atoms with E-state index in [1.54, 1.807) is 0 Å². The molecule has 0 fully saturated rings. The number of nitrogens with one attached hydrogen (secondary N) is 1. The second-order valence-electron chi connectivity index (χ2n) is 5.37. The van der Waals surface area contributed by atoms with Gasteiger partial charge in [-0.25, -0.2) is 8.42 Å². The molecule has 0 aliphatic rings. The third-order valence-electron chi connectivity index (χ3n) is 3.54. The van der Waals surface area contributed by atoms with Gasteiger partial charge in [0.15, 0.2) is 0 Å². The standard InChI is InChI=1S/C17H18F2N2O5S/c1-21(25-2)27(23,24)15-9-5-13(6-10-15)20-16(22)11-12-3-7-14(8-4-12)26-17(18)19/h3-10,17H,11H2,1-2H3,(H,20,22). The van der Waals surface area contributed by atoms with Crippen molar-refractivity contribution in [2.45, 2.75) is 17.9 Å². The maximum Gasteiger partial charge on any atom is 0.387 e. The first-order valence-electron chi connectivity index (χ1n) is 7.69. The molecule has 0 saturated heterocycles. The molecule has 0 bridgehead atoms. The Labute approximate surface area is 155 Å². The maximum atomic E-state index is 12.1. The van der Waals surface area contributed by atoms with Crippen LogP contribution >= 0.6 is 0 Å². The number of rotatable bonds is 8. The zero-order chi connectivity index (χ0) is 20.0. The van der Waals surface area contributed by atoms with Gasteiger partial charge in [0.1, 0.15) is 5.75 Å². The molecule has 1 N–H and O–H groups in total. The molecule has 2 rings (SSSR count). The largest absolute Gasteiger partial charge is 0.435 e. The molecule has 146 valence electrons. The summed E-state index contributed by atoms with van der Waals surface area (Å²) in [5, 5.41) is 2.63. The molecule has 7 nitrogen and oxygen atoms in total. The molecule has 2 aromatic carbocycles. The smallest absolute Gasteiger partial charge is 0.387 e. The van der Waals surface area contributed by atoms with Crippen molar-refractivity contribution in [2.75, 3.05) is 19.5 Å². The summed E-state index contributed by atoms with van der Waals surface area (Å²) >= 11 is 0. The summed E-state index contributed by atoms with van der Waals surface area (Å²) in [6.45, 7) is -2.91. The number of alkyl halides is 2. The van der Waals surface area contributed by atoms with Crippen LogP contribution in [0.3, 0.4) is 0 Å². The summed E-state index contributed by atoms with van der Waals surface area (Å²) in [7, 11) is -1.26. The van der Waals surface area contributed by atoms with E-state index in [1.807, 2.05) is 0 Å². The number of halogens is 2. The van der Waals surface area contributed by atoms with Crippen molar-refractivity contribution in [3.63, 3.8) is 0 Å². The number of anilines is 1. The van der Waals surface area contributed by atoms with E-state index in [4.69, 9.17) is 0 Å². The Bertz CT molecular complexity index is 871. The van der Waals surface area contributed by atoms with Crippen molar-refractivity contribution >= 4 is 21.6 Å². The van der Waals surface area contributed by atoms with Crippen LogP contribution in [0.4, 0.5) is 14.5 Å². The normalized spacial score (nSPS) is 11.6. The van der Waals surface area contributed by atoms with E-state index >= 15 is 0 Å². The minimum absolute atomic E-state index is 0.00647. The second kappa shape index (κ2) is 8.89. The van der Waals surface area contributed by atoms with Crippen molar-refractivity contribution < 1.29 is 31.6 Å². The third kappa shape index (κ3) is 5.71. The lowest BCUT2D eigenvalue weighted by molar-refractivity contribution is -0.115. The van der Waals surface area contributed by atoms with E-state index < -0.39 is 16.6 Å². The van der Waals surface area contributed by atoms with Gasteiger partial charge in [0.05, 0.1) is 18.4 Å². The van der Waals surface area contributed by atoms with Crippen LogP contribution < -0.4 is 10.1 Å². The van der Waals surface area contributed by atoms with Gasteiger partial charge >= 0.3 is 6.61 Å². The number of hydroxylamine groups is 1. The maximum absolute atomic E-state index is 12.1. The third-order valence-corrected chi connectivity index (χ3v) is 5.24. The van der Waals surface area contributed by atoms with E-state index in [1.165, 1.54) is 62.7 Å². The van der Waals surface area contributed by atoms with Crippen LogP contribution in [0.25, 0.3) is 0 Å². The topological polar surface area (TPSA) is 84.9 Å². The molecule has 0 aliphatic heterocycles. The Balaban J connectivity index is 1.98. The summed E-state index contributed by atoms with van der Waals surface area (Å²) in [5.41, 5.74) is 1.02. The SMILES string of the molecule is CON(C)S(=O)(=O)c1ccc(NC(=O)Cc2ccc(OC(F)F)cc2)cc1. The zero-order valence-electron chi connectivity index (χ0n) is 14.6. The monoisotopic (exact) mass is 400 g/mol. The highest BCUT2D eigenvalue weighted by Gasteiger charge is 2.20. The molecule has 0 heterocycles. The van der Waals surface area contributed by atoms with Gasteiger partial charge in [-0.1, -0.05) is 16.6 Å². The molecule has 0 spiro atoms. The number of amides is 1. The number of benzene rings is 2. The van der Waals surface area contributed by atoms with E-state index in [0.717, 1.165) is 4.47 Å². The van der Waals surface area contributed by atoms with Crippen molar-refractivity contribution in [1.82, 2.24) is 4.47 Å². The quantitative estimate of drug-likeness (QED) is 0.689. The molecule has 0 atom stereocenters. The van der Waals surface area contributed by atoms with Crippen LogP contribution in [-0.4, -0.2) is 39.6 Å². The summed E-state index contributed by atoms with van der Waals surface area (Å²) in [5.74, 6) is -0.339. The summed E-state index contributed by atoms with van der Waals surface area (Å²) < 4.78 is 53.4. The Morgan fingerprint density at radius 1 is 1.11 bits per heavy atom. The number of carbonyl (C=O) groups is 1. The van der Waals surface area contributed by atoms with E-state index in [0.29, 0.717) is 11.3 Å². The number of hydrogen-bond donors (Lipinski definition) is 1. The fourth-order valence-corrected chi connectivity index (χ4v) is 3.11. The highest BCUT2D eigenvalue weighted by molar-refractivity contribution is 7.89. The summed E-state index contributed by atoms with van der Waals surface area (Å²) in [6.07, 6.45) is 0.0153. The fourth-order valence-electron chi connectivity index (χ4n) is 2.14. The molecule has 0 aromatic heterocycles. The Kier molecular flexibility index (Phi) is 6.83. The number of ether oxygens (including phenoxy) is 1. The van der Waals surface area contributed by atoms with Gasteiger partial charge in [-0.05, 0) is 42.0 Å². The van der Waals surface area contributed by atoms with E-state index in [9.17, 15) is 22.0 Å². The molecule has 0 aliphatic carbocycles. The van der Waals surface area contributed by atoms with Gasteiger partial charge in [0, 0.05) is 12.7 Å². The lowest BCUT2D eigenvalue weighted by atomic mass is 10.1. The van der Waals surface area contributed by atoms with Gasteiger partial charge < -0.3 is 10.1 Å². The van der Waals surface area contributed by atoms with Gasteiger partial charge in [-0.3, -0.25) is 9.63 Å². The van der Waals surface area contributed by atoms with Gasteiger partial charge in [-0.15, -0.1) is 0 Å². The van der Waals surface area contributed by atoms with E-state index in [-0.39, 0.29) is 23.0 Å². The molecule has 27 heavy (non-hydrogen) atoms. The number of sulfonamides is 1. The van der Waals surface area contributed by atoms with Crippen molar-refractivity contribution in [3.05, 3.63) is 54.1 Å². The predicted molar refractivity (Wildman–Crippen MR) is 93.8 cm³/mol. The van der Waals surface area contributed by atoms with Crippen LogP contribution in [0.5, 0.6) is 5.75 Å². The number of nitrogens with zero attached hydrogens (tertiary/aromatic N) is 1. The molecular formula is C17H18F2N2O5S.